The molecular weight excluding hydrogens is 459 g/mol. The molecule has 0 atom stereocenters. The van der Waals surface area contributed by atoms with E-state index in [1.165, 1.54) is 23.3 Å². The third kappa shape index (κ3) is 5.39. The van der Waals surface area contributed by atoms with Crippen LogP contribution in [0.2, 0.25) is 0 Å². The molecule has 1 amide bonds. The minimum Gasteiger partial charge on any atom is -0.352 e. The van der Waals surface area contributed by atoms with Gasteiger partial charge in [0, 0.05) is 23.8 Å². The smallest absolute Gasteiger partial charge is 0.253 e. The molecule has 184 valence electrons. The lowest BCUT2D eigenvalue weighted by molar-refractivity contribution is 0.0952. The molecule has 0 bridgehead atoms. The number of nitrogens with zero attached hydrogens (tertiary/aromatic N) is 1. The molecule has 1 aromatic heterocycles. The van der Waals surface area contributed by atoms with Crippen LogP contribution in [0, 0.1) is 12.7 Å². The summed E-state index contributed by atoms with van der Waals surface area (Å²) < 4.78 is 15.7. The van der Waals surface area contributed by atoms with Gasteiger partial charge in [-0.3, -0.25) is 4.79 Å². The average molecular weight is 489 g/mol. The molecular formula is C33H29FN2O. The maximum Gasteiger partial charge on any atom is 0.253 e. The number of carbonyl (C=O) groups is 1. The predicted octanol–water partition coefficient (Wildman–Crippen LogP) is 7.54. The number of hydrogen-bond donors (Lipinski definition) is 1. The summed E-state index contributed by atoms with van der Waals surface area (Å²) in [5, 5.41) is 3.15. The van der Waals surface area contributed by atoms with Crippen molar-refractivity contribution in [2.75, 3.05) is 6.54 Å². The summed E-state index contributed by atoms with van der Waals surface area (Å²) >= 11 is 0. The molecule has 0 aliphatic rings. The Bertz CT molecular complexity index is 1420. The lowest BCUT2D eigenvalue weighted by atomic mass is 9.88. The fraction of sp³-hybridized carbons (Fsp3) is 0.121. The zero-order chi connectivity index (χ0) is 25.6. The fourth-order valence-corrected chi connectivity index (χ4v) is 4.90. The van der Waals surface area contributed by atoms with Gasteiger partial charge in [0.05, 0.1) is 11.3 Å². The van der Waals surface area contributed by atoms with E-state index in [1.807, 2.05) is 60.0 Å². The SMILES string of the molecule is Cc1c(C(=O)NCCC(c2ccccc2)c2ccccc2)cc(-c2ccccc2)n1-c1ccc(F)cc1. The van der Waals surface area contributed by atoms with E-state index in [4.69, 9.17) is 0 Å². The van der Waals surface area contributed by atoms with Crippen LogP contribution in [-0.4, -0.2) is 17.0 Å². The molecule has 0 aliphatic carbocycles. The van der Waals surface area contributed by atoms with Gasteiger partial charge in [-0.15, -0.1) is 0 Å². The second-order valence-corrected chi connectivity index (χ2v) is 9.13. The van der Waals surface area contributed by atoms with E-state index in [9.17, 15) is 9.18 Å². The Kier molecular flexibility index (Phi) is 7.27. The van der Waals surface area contributed by atoms with Crippen molar-refractivity contribution < 1.29 is 9.18 Å². The highest BCUT2D eigenvalue weighted by Crippen LogP contribution is 2.30. The van der Waals surface area contributed by atoms with Gasteiger partial charge in [-0.25, -0.2) is 4.39 Å². The minimum atomic E-state index is -0.292. The number of nitrogens with one attached hydrogen (secondary N) is 1. The first-order chi connectivity index (χ1) is 18.1. The summed E-state index contributed by atoms with van der Waals surface area (Å²) in [5.41, 5.74) is 6.57. The van der Waals surface area contributed by atoms with Crippen LogP contribution in [0.4, 0.5) is 4.39 Å². The number of amides is 1. The molecule has 0 fully saturated rings. The van der Waals surface area contributed by atoms with Gasteiger partial charge in [0.15, 0.2) is 0 Å². The Morgan fingerprint density at radius 2 is 1.32 bits per heavy atom. The average Bonchev–Trinajstić information content (AvgIpc) is 3.30. The fourth-order valence-electron chi connectivity index (χ4n) is 4.90. The summed E-state index contributed by atoms with van der Waals surface area (Å²) in [6, 6.07) is 39.0. The Morgan fingerprint density at radius 1 is 0.784 bits per heavy atom. The van der Waals surface area contributed by atoms with E-state index >= 15 is 0 Å². The van der Waals surface area contributed by atoms with Crippen LogP contribution in [0.25, 0.3) is 16.9 Å². The van der Waals surface area contributed by atoms with Gasteiger partial charge in [-0.05, 0) is 60.4 Å². The Balaban J connectivity index is 1.40. The molecule has 0 aliphatic heterocycles. The molecule has 3 nitrogen and oxygen atoms in total. The standard InChI is InChI=1S/C33H29FN2O/c1-24-31(23-32(27-15-9-4-10-16-27)36(24)29-19-17-28(34)18-20-29)33(37)35-22-21-30(25-11-5-2-6-12-25)26-13-7-3-8-14-26/h2-20,23,30H,21-22H2,1H3,(H,35,37). The van der Waals surface area contributed by atoms with Crippen LogP contribution in [0.5, 0.6) is 0 Å². The molecule has 4 aromatic carbocycles. The van der Waals surface area contributed by atoms with E-state index in [0.29, 0.717) is 12.1 Å². The highest BCUT2D eigenvalue weighted by molar-refractivity contribution is 5.97. The molecule has 1 heterocycles. The van der Waals surface area contributed by atoms with Crippen molar-refractivity contribution in [1.82, 2.24) is 9.88 Å². The van der Waals surface area contributed by atoms with Crippen molar-refractivity contribution in [1.29, 1.82) is 0 Å². The lowest BCUT2D eigenvalue weighted by Gasteiger charge is -2.18. The molecule has 0 spiro atoms. The molecule has 5 aromatic rings. The first-order valence-corrected chi connectivity index (χ1v) is 12.5. The van der Waals surface area contributed by atoms with Crippen molar-refractivity contribution in [3.05, 3.63) is 150 Å². The van der Waals surface area contributed by atoms with Crippen LogP contribution in [0.15, 0.2) is 121 Å². The van der Waals surface area contributed by atoms with Crippen molar-refractivity contribution in [2.24, 2.45) is 0 Å². The Labute approximate surface area is 217 Å². The molecule has 0 radical (unpaired) electrons. The van der Waals surface area contributed by atoms with E-state index in [1.54, 1.807) is 12.1 Å². The number of hydrogen-bond acceptors (Lipinski definition) is 1. The van der Waals surface area contributed by atoms with Crippen LogP contribution in [-0.2, 0) is 0 Å². The van der Waals surface area contributed by atoms with E-state index in [2.05, 4.69) is 53.8 Å². The van der Waals surface area contributed by atoms with Gasteiger partial charge in [0.25, 0.3) is 5.91 Å². The summed E-state index contributed by atoms with van der Waals surface area (Å²) in [6.07, 6.45) is 0.781. The zero-order valence-electron chi connectivity index (χ0n) is 20.8. The van der Waals surface area contributed by atoms with Crippen LogP contribution < -0.4 is 5.32 Å². The van der Waals surface area contributed by atoms with Crippen LogP contribution >= 0.6 is 0 Å². The topological polar surface area (TPSA) is 34.0 Å². The highest BCUT2D eigenvalue weighted by Gasteiger charge is 2.20. The quantitative estimate of drug-likeness (QED) is 0.240. The molecule has 37 heavy (non-hydrogen) atoms. The summed E-state index contributed by atoms with van der Waals surface area (Å²) in [4.78, 5) is 13.4. The third-order valence-corrected chi connectivity index (χ3v) is 6.77. The summed E-state index contributed by atoms with van der Waals surface area (Å²) in [5.74, 6) is -0.220. The largest absolute Gasteiger partial charge is 0.352 e. The lowest BCUT2D eigenvalue weighted by Crippen LogP contribution is -2.26. The zero-order valence-corrected chi connectivity index (χ0v) is 20.8. The first-order valence-electron chi connectivity index (χ1n) is 12.5. The maximum absolute atomic E-state index is 13.6. The number of halogens is 1. The van der Waals surface area contributed by atoms with E-state index in [0.717, 1.165) is 29.1 Å². The van der Waals surface area contributed by atoms with Gasteiger partial charge in [0.1, 0.15) is 5.82 Å². The van der Waals surface area contributed by atoms with Gasteiger partial charge in [-0.1, -0.05) is 91.0 Å². The van der Waals surface area contributed by atoms with Gasteiger partial charge in [0.2, 0.25) is 0 Å². The third-order valence-electron chi connectivity index (χ3n) is 6.77. The van der Waals surface area contributed by atoms with Crippen molar-refractivity contribution in [3.63, 3.8) is 0 Å². The van der Waals surface area contributed by atoms with Gasteiger partial charge >= 0.3 is 0 Å². The second-order valence-electron chi connectivity index (χ2n) is 9.13. The Hall–Kier alpha value is -4.44. The second kappa shape index (κ2) is 11.1. The molecule has 4 heteroatoms. The summed E-state index contributed by atoms with van der Waals surface area (Å²) in [6.45, 7) is 2.47. The normalized spacial score (nSPS) is 11.0. The van der Waals surface area contributed by atoms with E-state index < -0.39 is 0 Å². The highest BCUT2D eigenvalue weighted by atomic mass is 19.1. The number of benzene rings is 4. The molecule has 0 saturated carbocycles. The van der Waals surface area contributed by atoms with Crippen LogP contribution in [0.3, 0.4) is 0 Å². The molecule has 5 rings (SSSR count). The number of carbonyl (C=O) groups excluding carboxylic acids is 1. The van der Waals surface area contributed by atoms with Gasteiger partial charge < -0.3 is 9.88 Å². The summed E-state index contributed by atoms with van der Waals surface area (Å²) in [7, 11) is 0. The molecule has 0 unspecified atom stereocenters. The molecule has 0 saturated heterocycles. The predicted molar refractivity (Wildman–Crippen MR) is 148 cm³/mol. The van der Waals surface area contributed by atoms with E-state index in [-0.39, 0.29) is 17.6 Å². The van der Waals surface area contributed by atoms with Gasteiger partial charge in [-0.2, -0.15) is 0 Å². The maximum atomic E-state index is 13.6. The minimum absolute atomic E-state index is 0.115. The first kappa shape index (κ1) is 24.3. The van der Waals surface area contributed by atoms with Crippen LogP contribution in [0.1, 0.15) is 39.5 Å². The Morgan fingerprint density at radius 3 is 1.89 bits per heavy atom. The molecule has 1 N–H and O–H groups in total. The van der Waals surface area contributed by atoms with Crippen molar-refractivity contribution in [3.8, 4) is 16.9 Å². The monoisotopic (exact) mass is 488 g/mol. The number of rotatable bonds is 8. The number of aromatic nitrogens is 1. The van der Waals surface area contributed by atoms with Crippen molar-refractivity contribution >= 4 is 5.91 Å². The van der Waals surface area contributed by atoms with Crippen molar-refractivity contribution in [2.45, 2.75) is 19.3 Å².